The molecular formula is C7H9NO3S. The summed E-state index contributed by atoms with van der Waals surface area (Å²) >= 11 is 0. The SMILES string of the molecule is Cn1cc(S(C)(=O)=O)cc1C=O. The minimum atomic E-state index is -3.19. The van der Waals surface area contributed by atoms with Gasteiger partial charge in [-0.1, -0.05) is 0 Å². The zero-order chi connectivity index (χ0) is 9.35. The predicted molar refractivity (Wildman–Crippen MR) is 43.9 cm³/mol. The second kappa shape index (κ2) is 2.75. The average Bonchev–Trinajstić information content (AvgIpc) is 2.29. The number of hydrogen-bond donors (Lipinski definition) is 0. The molecule has 0 saturated carbocycles. The second-order valence-corrected chi connectivity index (χ2v) is 4.62. The van der Waals surface area contributed by atoms with Gasteiger partial charge < -0.3 is 4.57 Å². The molecule has 0 N–H and O–H groups in total. The Morgan fingerprint density at radius 2 is 2.08 bits per heavy atom. The Bertz CT molecular complexity index is 402. The molecule has 1 heterocycles. The fraction of sp³-hybridized carbons (Fsp3) is 0.286. The van der Waals surface area contributed by atoms with E-state index >= 15 is 0 Å². The first-order chi connectivity index (χ1) is 5.45. The van der Waals surface area contributed by atoms with E-state index in [4.69, 9.17) is 0 Å². The molecule has 1 aromatic rings. The lowest BCUT2D eigenvalue weighted by Crippen LogP contribution is -1.94. The number of aldehydes is 1. The molecule has 0 saturated heterocycles. The monoisotopic (exact) mass is 187 g/mol. The maximum atomic E-state index is 11.0. The number of aryl methyl sites for hydroxylation is 1. The molecule has 0 spiro atoms. The fourth-order valence-corrected chi connectivity index (χ4v) is 1.55. The summed E-state index contributed by atoms with van der Waals surface area (Å²) < 4.78 is 23.4. The van der Waals surface area contributed by atoms with Gasteiger partial charge in [0.2, 0.25) is 0 Å². The normalized spacial score (nSPS) is 11.5. The molecule has 0 unspecified atom stereocenters. The number of aromatic nitrogens is 1. The van der Waals surface area contributed by atoms with E-state index in [-0.39, 0.29) is 4.90 Å². The zero-order valence-electron chi connectivity index (χ0n) is 6.81. The van der Waals surface area contributed by atoms with Crippen molar-refractivity contribution in [2.75, 3.05) is 6.26 Å². The molecule has 0 fully saturated rings. The lowest BCUT2D eigenvalue weighted by molar-refractivity contribution is 0.111. The molecule has 0 aliphatic heterocycles. The lowest BCUT2D eigenvalue weighted by Gasteiger charge is -1.90. The van der Waals surface area contributed by atoms with Gasteiger partial charge in [-0.3, -0.25) is 4.79 Å². The molecular weight excluding hydrogens is 178 g/mol. The number of hydrogen-bond acceptors (Lipinski definition) is 3. The van der Waals surface area contributed by atoms with Gasteiger partial charge in [0.15, 0.2) is 16.1 Å². The van der Waals surface area contributed by atoms with E-state index in [0.717, 1.165) is 6.26 Å². The molecule has 4 nitrogen and oxygen atoms in total. The first-order valence-electron chi connectivity index (χ1n) is 3.27. The van der Waals surface area contributed by atoms with E-state index in [0.29, 0.717) is 12.0 Å². The van der Waals surface area contributed by atoms with Crippen LogP contribution in [0.4, 0.5) is 0 Å². The van der Waals surface area contributed by atoms with E-state index in [9.17, 15) is 13.2 Å². The minimum Gasteiger partial charge on any atom is -0.347 e. The summed E-state index contributed by atoms with van der Waals surface area (Å²) in [4.78, 5) is 10.5. The van der Waals surface area contributed by atoms with E-state index in [1.54, 1.807) is 7.05 Å². The standard InChI is InChI=1S/C7H9NO3S/c1-8-4-7(12(2,10)11)3-6(8)5-9/h3-5H,1-2H3. The maximum absolute atomic E-state index is 11.0. The van der Waals surface area contributed by atoms with Crippen LogP contribution in [-0.2, 0) is 16.9 Å². The number of rotatable bonds is 2. The summed E-state index contributed by atoms with van der Waals surface area (Å²) in [6, 6.07) is 1.35. The van der Waals surface area contributed by atoms with Gasteiger partial charge >= 0.3 is 0 Å². The third kappa shape index (κ3) is 1.55. The summed E-state index contributed by atoms with van der Waals surface area (Å²) in [6.07, 6.45) is 3.14. The van der Waals surface area contributed by atoms with Crippen LogP contribution in [0, 0.1) is 0 Å². The highest BCUT2D eigenvalue weighted by Gasteiger charge is 2.10. The Hall–Kier alpha value is -1.10. The first kappa shape index (κ1) is 8.99. The van der Waals surface area contributed by atoms with Crippen molar-refractivity contribution in [1.29, 1.82) is 0 Å². The molecule has 0 atom stereocenters. The van der Waals surface area contributed by atoms with Crippen LogP contribution in [0.25, 0.3) is 0 Å². The van der Waals surface area contributed by atoms with E-state index in [2.05, 4.69) is 0 Å². The van der Waals surface area contributed by atoms with Crippen LogP contribution in [0.3, 0.4) is 0 Å². The summed E-state index contributed by atoms with van der Waals surface area (Å²) in [7, 11) is -1.57. The average molecular weight is 187 g/mol. The van der Waals surface area contributed by atoms with Crippen LogP contribution in [0.1, 0.15) is 10.5 Å². The molecule has 1 rings (SSSR count). The summed E-state index contributed by atoms with van der Waals surface area (Å²) in [6.45, 7) is 0. The molecule has 0 aliphatic carbocycles. The molecule has 0 aliphatic rings. The number of sulfone groups is 1. The number of nitrogens with zero attached hydrogens (tertiary/aromatic N) is 1. The summed E-state index contributed by atoms with van der Waals surface area (Å²) in [5.41, 5.74) is 0.357. The minimum absolute atomic E-state index is 0.173. The van der Waals surface area contributed by atoms with E-state index in [1.807, 2.05) is 0 Å². The maximum Gasteiger partial charge on any atom is 0.177 e. The van der Waals surface area contributed by atoms with Crippen molar-refractivity contribution >= 4 is 16.1 Å². The van der Waals surface area contributed by atoms with Crippen molar-refractivity contribution in [1.82, 2.24) is 4.57 Å². The molecule has 0 radical (unpaired) electrons. The molecule has 5 heteroatoms. The molecule has 0 aromatic carbocycles. The second-order valence-electron chi connectivity index (χ2n) is 2.60. The highest BCUT2D eigenvalue weighted by molar-refractivity contribution is 7.90. The Kier molecular flexibility index (Phi) is 2.06. The van der Waals surface area contributed by atoms with Crippen molar-refractivity contribution < 1.29 is 13.2 Å². The van der Waals surface area contributed by atoms with Crippen LogP contribution in [0.5, 0.6) is 0 Å². The topological polar surface area (TPSA) is 56.1 Å². The largest absolute Gasteiger partial charge is 0.347 e. The van der Waals surface area contributed by atoms with Crippen LogP contribution in [0.2, 0.25) is 0 Å². The third-order valence-corrected chi connectivity index (χ3v) is 2.65. The Labute approximate surface area is 70.7 Å². The van der Waals surface area contributed by atoms with Gasteiger partial charge in [-0.25, -0.2) is 8.42 Å². The molecule has 0 amide bonds. The van der Waals surface area contributed by atoms with Gasteiger partial charge in [0.1, 0.15) is 0 Å². The van der Waals surface area contributed by atoms with Crippen molar-refractivity contribution in [2.45, 2.75) is 4.90 Å². The number of carbonyl (C=O) groups is 1. The molecule has 1 aromatic heterocycles. The molecule has 12 heavy (non-hydrogen) atoms. The molecule has 0 bridgehead atoms. The highest BCUT2D eigenvalue weighted by atomic mass is 32.2. The summed E-state index contributed by atoms with van der Waals surface area (Å²) in [5.74, 6) is 0. The van der Waals surface area contributed by atoms with Crippen LogP contribution >= 0.6 is 0 Å². The lowest BCUT2D eigenvalue weighted by atomic mass is 10.5. The third-order valence-electron chi connectivity index (χ3n) is 1.57. The van der Waals surface area contributed by atoms with Gasteiger partial charge in [-0.2, -0.15) is 0 Å². The Morgan fingerprint density at radius 3 is 2.33 bits per heavy atom. The van der Waals surface area contributed by atoms with Crippen molar-refractivity contribution in [3.8, 4) is 0 Å². The van der Waals surface area contributed by atoms with E-state index < -0.39 is 9.84 Å². The van der Waals surface area contributed by atoms with Crippen molar-refractivity contribution in [3.63, 3.8) is 0 Å². The fourth-order valence-electron chi connectivity index (χ4n) is 0.870. The zero-order valence-corrected chi connectivity index (χ0v) is 7.63. The highest BCUT2D eigenvalue weighted by Crippen LogP contribution is 2.11. The van der Waals surface area contributed by atoms with Gasteiger partial charge in [0.05, 0.1) is 10.6 Å². The summed E-state index contributed by atoms with van der Waals surface area (Å²) in [5, 5.41) is 0. The Morgan fingerprint density at radius 1 is 1.50 bits per heavy atom. The van der Waals surface area contributed by atoms with Gasteiger partial charge in [0, 0.05) is 19.5 Å². The first-order valence-corrected chi connectivity index (χ1v) is 5.16. The van der Waals surface area contributed by atoms with Crippen molar-refractivity contribution in [2.24, 2.45) is 7.05 Å². The molecule has 66 valence electrons. The van der Waals surface area contributed by atoms with Gasteiger partial charge in [-0.05, 0) is 6.07 Å². The van der Waals surface area contributed by atoms with Crippen LogP contribution < -0.4 is 0 Å². The Balaban J connectivity index is 3.32. The van der Waals surface area contributed by atoms with Gasteiger partial charge in [-0.15, -0.1) is 0 Å². The van der Waals surface area contributed by atoms with Gasteiger partial charge in [0.25, 0.3) is 0 Å². The van der Waals surface area contributed by atoms with Crippen LogP contribution in [-0.4, -0.2) is 25.5 Å². The smallest absolute Gasteiger partial charge is 0.177 e. The van der Waals surface area contributed by atoms with Crippen molar-refractivity contribution in [3.05, 3.63) is 18.0 Å². The van der Waals surface area contributed by atoms with Crippen LogP contribution in [0.15, 0.2) is 17.2 Å². The number of carbonyl (C=O) groups excluding carboxylic acids is 1. The predicted octanol–water partition coefficient (Wildman–Crippen LogP) is 0.241. The quantitative estimate of drug-likeness (QED) is 0.623. The van der Waals surface area contributed by atoms with E-state index in [1.165, 1.54) is 16.8 Å².